The third kappa shape index (κ3) is 4.55. The molecule has 1 aliphatic heterocycles. The molecule has 1 fully saturated rings. The Morgan fingerprint density at radius 1 is 1.15 bits per heavy atom. The maximum Gasteiger partial charge on any atom is 0.264 e. The van der Waals surface area contributed by atoms with Crippen LogP contribution in [0.5, 0.6) is 5.75 Å². The molecule has 0 aliphatic carbocycles. The van der Waals surface area contributed by atoms with Gasteiger partial charge in [0.2, 0.25) is 0 Å². The van der Waals surface area contributed by atoms with Crippen molar-refractivity contribution in [2.45, 2.75) is 24.5 Å². The Labute approximate surface area is 158 Å². The topological polar surface area (TPSA) is 70.6 Å². The van der Waals surface area contributed by atoms with Gasteiger partial charge in [-0.25, -0.2) is 0 Å². The van der Waals surface area contributed by atoms with Gasteiger partial charge in [0.25, 0.3) is 5.91 Å². The second-order valence-corrected chi connectivity index (χ2v) is 6.87. The van der Waals surface area contributed by atoms with Gasteiger partial charge in [-0.1, -0.05) is 41.9 Å². The highest BCUT2D eigenvalue weighted by Gasteiger charge is 2.42. The minimum absolute atomic E-state index is 0.141. The van der Waals surface area contributed by atoms with Gasteiger partial charge in [-0.2, -0.15) is 0 Å². The summed E-state index contributed by atoms with van der Waals surface area (Å²) in [4.78, 5) is 12.9. The molecule has 0 saturated carbocycles. The first-order chi connectivity index (χ1) is 12.6. The number of carbonyl (C=O) groups is 1. The zero-order valence-corrected chi connectivity index (χ0v) is 15.2. The van der Waals surface area contributed by atoms with Crippen molar-refractivity contribution in [2.75, 3.05) is 19.6 Å². The third-order valence-electron chi connectivity index (χ3n) is 4.59. The summed E-state index contributed by atoms with van der Waals surface area (Å²) in [5, 5.41) is 17.0. The number of rotatable bonds is 6. The van der Waals surface area contributed by atoms with Crippen molar-refractivity contribution in [3.8, 4) is 5.75 Å². The average Bonchev–Trinajstić information content (AvgIpc) is 2.69. The fraction of sp³-hybridized carbons (Fsp3) is 0.350. The summed E-state index contributed by atoms with van der Waals surface area (Å²) in [6.07, 6.45) is 0.362. The minimum atomic E-state index is -0.949. The molecule has 3 N–H and O–H groups in total. The molecule has 3 rings (SSSR count). The molecular weight excluding hydrogens is 352 g/mol. The van der Waals surface area contributed by atoms with E-state index in [2.05, 4.69) is 10.6 Å². The Balaban J connectivity index is 1.68. The average molecular weight is 375 g/mol. The highest BCUT2D eigenvalue weighted by molar-refractivity contribution is 6.30. The third-order valence-corrected chi connectivity index (χ3v) is 4.84. The van der Waals surface area contributed by atoms with E-state index < -0.39 is 11.7 Å². The molecule has 1 aliphatic rings. The second kappa shape index (κ2) is 8.54. The summed E-state index contributed by atoms with van der Waals surface area (Å²) >= 11 is 5.92. The molecule has 1 heterocycles. The van der Waals surface area contributed by atoms with E-state index in [9.17, 15) is 9.90 Å². The number of piperidine rings is 1. The van der Waals surface area contributed by atoms with Gasteiger partial charge in [0, 0.05) is 24.4 Å². The molecule has 1 saturated heterocycles. The number of aliphatic hydroxyl groups is 1. The molecular formula is C20H23ClN2O3. The summed E-state index contributed by atoms with van der Waals surface area (Å²) in [6.45, 7) is 1.53. The van der Waals surface area contributed by atoms with Crippen LogP contribution in [0.1, 0.15) is 24.5 Å². The zero-order valence-electron chi connectivity index (χ0n) is 14.5. The van der Waals surface area contributed by atoms with Crippen LogP contribution < -0.4 is 15.4 Å². The van der Waals surface area contributed by atoms with Crippen LogP contribution in [0.4, 0.5) is 0 Å². The molecule has 1 amide bonds. The standard InChI is InChI=1S/C20H23ClN2O3/c21-16-6-8-17(9-7-16)26-20(10-12-22-13-11-20)19(25)23-14-18(24)15-4-2-1-3-5-15/h1-9,18,22,24H,10-14H2,(H,23,25). The maximum absolute atomic E-state index is 12.9. The quantitative estimate of drug-likeness (QED) is 0.727. The number of benzene rings is 2. The van der Waals surface area contributed by atoms with E-state index >= 15 is 0 Å². The van der Waals surface area contributed by atoms with Crippen molar-refractivity contribution in [2.24, 2.45) is 0 Å². The number of carbonyl (C=O) groups excluding carboxylic acids is 1. The normalized spacial score (nSPS) is 17.3. The van der Waals surface area contributed by atoms with Crippen LogP contribution in [-0.4, -0.2) is 36.2 Å². The molecule has 2 aromatic rings. The van der Waals surface area contributed by atoms with Crippen LogP contribution in [0.15, 0.2) is 54.6 Å². The molecule has 0 aromatic heterocycles. The van der Waals surface area contributed by atoms with Gasteiger partial charge in [0.15, 0.2) is 5.60 Å². The summed E-state index contributed by atoms with van der Waals surface area (Å²) in [7, 11) is 0. The van der Waals surface area contributed by atoms with E-state index in [1.165, 1.54) is 0 Å². The molecule has 1 unspecified atom stereocenters. The van der Waals surface area contributed by atoms with Crippen LogP contribution in [0.2, 0.25) is 5.02 Å². The van der Waals surface area contributed by atoms with E-state index in [1.54, 1.807) is 24.3 Å². The number of amides is 1. The number of nitrogens with one attached hydrogen (secondary N) is 2. The van der Waals surface area contributed by atoms with Crippen LogP contribution in [0, 0.1) is 0 Å². The number of ether oxygens (including phenoxy) is 1. The molecule has 26 heavy (non-hydrogen) atoms. The molecule has 2 aromatic carbocycles. The Bertz CT molecular complexity index is 716. The lowest BCUT2D eigenvalue weighted by molar-refractivity contribution is -0.139. The lowest BCUT2D eigenvalue weighted by atomic mass is 9.90. The smallest absolute Gasteiger partial charge is 0.264 e. The summed E-state index contributed by atoms with van der Waals surface area (Å²) < 4.78 is 6.11. The molecule has 5 nitrogen and oxygen atoms in total. The van der Waals surface area contributed by atoms with Crippen LogP contribution in [-0.2, 0) is 4.79 Å². The Hall–Kier alpha value is -2.08. The van der Waals surface area contributed by atoms with Gasteiger partial charge in [0.1, 0.15) is 5.75 Å². The number of aliphatic hydroxyl groups excluding tert-OH is 1. The Morgan fingerprint density at radius 3 is 2.46 bits per heavy atom. The molecule has 0 bridgehead atoms. The first-order valence-corrected chi connectivity index (χ1v) is 9.13. The second-order valence-electron chi connectivity index (χ2n) is 6.44. The fourth-order valence-electron chi connectivity index (χ4n) is 3.08. The van der Waals surface area contributed by atoms with E-state index in [4.69, 9.17) is 16.3 Å². The van der Waals surface area contributed by atoms with Gasteiger partial charge in [-0.05, 0) is 42.9 Å². The SMILES string of the molecule is O=C(NCC(O)c1ccccc1)C1(Oc2ccc(Cl)cc2)CCNCC1. The van der Waals surface area contributed by atoms with E-state index in [0.717, 1.165) is 5.56 Å². The van der Waals surface area contributed by atoms with E-state index in [-0.39, 0.29) is 12.5 Å². The number of hydrogen-bond acceptors (Lipinski definition) is 4. The van der Waals surface area contributed by atoms with E-state index in [0.29, 0.717) is 36.7 Å². The minimum Gasteiger partial charge on any atom is -0.477 e. The van der Waals surface area contributed by atoms with Gasteiger partial charge in [0.05, 0.1) is 6.10 Å². The highest BCUT2D eigenvalue weighted by Crippen LogP contribution is 2.28. The molecule has 0 radical (unpaired) electrons. The van der Waals surface area contributed by atoms with Crippen LogP contribution in [0.25, 0.3) is 0 Å². The largest absolute Gasteiger partial charge is 0.477 e. The maximum atomic E-state index is 12.9. The van der Waals surface area contributed by atoms with Crippen LogP contribution in [0.3, 0.4) is 0 Å². The summed E-state index contributed by atoms with van der Waals surface area (Å²) in [5.41, 5.74) is -0.180. The predicted octanol–water partition coefficient (Wildman–Crippen LogP) is 2.69. The summed E-state index contributed by atoms with van der Waals surface area (Å²) in [6, 6.07) is 16.3. The number of halogens is 1. The van der Waals surface area contributed by atoms with Gasteiger partial charge >= 0.3 is 0 Å². The van der Waals surface area contributed by atoms with Gasteiger partial charge < -0.3 is 20.5 Å². The van der Waals surface area contributed by atoms with E-state index in [1.807, 2.05) is 30.3 Å². The first-order valence-electron chi connectivity index (χ1n) is 8.76. The van der Waals surface area contributed by atoms with Crippen molar-refractivity contribution in [1.29, 1.82) is 0 Å². The van der Waals surface area contributed by atoms with Crippen molar-refractivity contribution in [1.82, 2.24) is 10.6 Å². The predicted molar refractivity (Wildman–Crippen MR) is 101 cm³/mol. The lowest BCUT2D eigenvalue weighted by Gasteiger charge is -2.36. The van der Waals surface area contributed by atoms with Crippen molar-refractivity contribution in [3.05, 3.63) is 65.2 Å². The Morgan fingerprint density at radius 2 is 1.81 bits per heavy atom. The monoisotopic (exact) mass is 374 g/mol. The Kier molecular flexibility index (Phi) is 6.14. The molecule has 0 spiro atoms. The fourth-order valence-corrected chi connectivity index (χ4v) is 3.20. The van der Waals surface area contributed by atoms with Gasteiger partial charge in [-0.15, -0.1) is 0 Å². The van der Waals surface area contributed by atoms with Crippen molar-refractivity contribution in [3.63, 3.8) is 0 Å². The lowest BCUT2D eigenvalue weighted by Crippen LogP contribution is -2.57. The van der Waals surface area contributed by atoms with Crippen molar-refractivity contribution < 1.29 is 14.6 Å². The van der Waals surface area contributed by atoms with Crippen LogP contribution >= 0.6 is 11.6 Å². The summed E-state index contributed by atoms with van der Waals surface area (Å²) in [5.74, 6) is 0.402. The molecule has 6 heteroatoms. The number of hydrogen-bond donors (Lipinski definition) is 3. The first kappa shape index (κ1) is 18.7. The zero-order chi connectivity index (χ0) is 18.4. The molecule has 138 valence electrons. The van der Waals surface area contributed by atoms with Gasteiger partial charge in [-0.3, -0.25) is 4.79 Å². The van der Waals surface area contributed by atoms with Crippen molar-refractivity contribution >= 4 is 17.5 Å². The highest BCUT2D eigenvalue weighted by atomic mass is 35.5. The molecule has 1 atom stereocenters.